The lowest BCUT2D eigenvalue weighted by Crippen LogP contribution is -2.43. The molecule has 37 heavy (non-hydrogen) atoms. The van der Waals surface area contributed by atoms with E-state index < -0.39 is 18.4 Å². The number of aromatic nitrogens is 3. The van der Waals surface area contributed by atoms with Crippen molar-refractivity contribution >= 4 is 5.91 Å². The Morgan fingerprint density at radius 3 is 2.46 bits per heavy atom. The molecule has 1 aliphatic heterocycles. The quantitative estimate of drug-likeness (QED) is 0.424. The molecule has 198 valence electrons. The van der Waals surface area contributed by atoms with Crippen LogP contribution in [0.25, 0.3) is 17.1 Å². The van der Waals surface area contributed by atoms with E-state index in [1.54, 1.807) is 18.2 Å². The third-order valence-electron chi connectivity index (χ3n) is 6.51. The van der Waals surface area contributed by atoms with Gasteiger partial charge in [0, 0.05) is 45.3 Å². The van der Waals surface area contributed by atoms with E-state index >= 15 is 4.39 Å². The van der Waals surface area contributed by atoms with Crippen LogP contribution >= 0.6 is 0 Å². The molecule has 3 N–H and O–H groups in total. The van der Waals surface area contributed by atoms with Crippen molar-refractivity contribution in [2.45, 2.75) is 26.3 Å². The number of hydrogen-bond donors (Lipinski definition) is 3. The van der Waals surface area contributed by atoms with E-state index in [1.165, 1.54) is 16.7 Å². The maximum atomic E-state index is 15.6. The molecule has 1 saturated heterocycles. The number of carbonyl (C=O) groups excluding carboxylic acids is 1. The smallest absolute Gasteiger partial charge is 0.289 e. The summed E-state index contributed by atoms with van der Waals surface area (Å²) in [6.07, 6.45) is 0. The number of benzene rings is 2. The lowest BCUT2D eigenvalue weighted by molar-refractivity contribution is 0.0938. The molecule has 1 aromatic heterocycles. The molecule has 1 aliphatic rings. The molecule has 0 radical (unpaired) electrons. The molecule has 0 atom stereocenters. The summed E-state index contributed by atoms with van der Waals surface area (Å²) in [5, 5.41) is 31.3. The summed E-state index contributed by atoms with van der Waals surface area (Å²) in [5.74, 6) is -2.08. The molecule has 0 unspecified atom stereocenters. The fourth-order valence-electron chi connectivity index (χ4n) is 4.40. The molecule has 11 heteroatoms. The van der Waals surface area contributed by atoms with Gasteiger partial charge in [-0.15, -0.1) is 10.2 Å². The zero-order chi connectivity index (χ0) is 26.7. The lowest BCUT2D eigenvalue weighted by Gasteiger charge is -2.32. The van der Waals surface area contributed by atoms with Crippen molar-refractivity contribution in [2.24, 2.45) is 0 Å². The Kier molecular flexibility index (Phi) is 8.03. The Balaban J connectivity index is 1.78. The molecule has 0 bridgehead atoms. The van der Waals surface area contributed by atoms with Crippen LogP contribution in [0.4, 0.5) is 8.78 Å². The van der Waals surface area contributed by atoms with Gasteiger partial charge < -0.3 is 20.4 Å². The van der Waals surface area contributed by atoms with E-state index in [1.807, 2.05) is 13.8 Å². The first kappa shape index (κ1) is 26.5. The first-order valence-corrected chi connectivity index (χ1v) is 12.2. The molecule has 0 saturated carbocycles. The number of aromatic hydroxyl groups is 2. The van der Waals surface area contributed by atoms with Gasteiger partial charge in [0.1, 0.15) is 24.0 Å². The predicted octanol–water partition coefficient (Wildman–Crippen LogP) is 3.05. The summed E-state index contributed by atoms with van der Waals surface area (Å²) in [5.41, 5.74) is 1.48. The zero-order valence-corrected chi connectivity index (χ0v) is 21.2. The Labute approximate surface area is 214 Å². The molecule has 9 nitrogen and oxygen atoms in total. The van der Waals surface area contributed by atoms with Crippen molar-refractivity contribution in [3.63, 3.8) is 0 Å². The summed E-state index contributed by atoms with van der Waals surface area (Å²) in [4.78, 5) is 17.3. The van der Waals surface area contributed by atoms with Crippen LogP contribution in [0.3, 0.4) is 0 Å². The normalized spacial score (nSPS) is 14.9. The van der Waals surface area contributed by atoms with E-state index in [0.29, 0.717) is 12.1 Å². The number of piperazine rings is 1. The Morgan fingerprint density at radius 1 is 1.08 bits per heavy atom. The Hall–Kier alpha value is -3.57. The first-order chi connectivity index (χ1) is 17.7. The number of rotatable bonds is 8. The van der Waals surface area contributed by atoms with Crippen molar-refractivity contribution in [2.75, 3.05) is 46.4 Å². The summed E-state index contributed by atoms with van der Waals surface area (Å²) in [6, 6.07) is 7.46. The summed E-state index contributed by atoms with van der Waals surface area (Å²) in [6.45, 7) is 6.95. The van der Waals surface area contributed by atoms with Gasteiger partial charge in [0.2, 0.25) is 5.82 Å². The second-order valence-electron chi connectivity index (χ2n) is 9.58. The molecule has 1 fully saturated rings. The Bertz CT molecular complexity index is 1270. The maximum absolute atomic E-state index is 15.6. The van der Waals surface area contributed by atoms with Gasteiger partial charge in [-0.25, -0.2) is 8.78 Å². The number of likely N-dealkylation sites (N-methyl/N-ethyl adjacent to an activating group) is 1. The van der Waals surface area contributed by atoms with Gasteiger partial charge in [0.05, 0.1) is 11.3 Å². The van der Waals surface area contributed by atoms with Gasteiger partial charge in [-0.1, -0.05) is 19.9 Å². The highest BCUT2D eigenvalue weighted by molar-refractivity contribution is 5.92. The second kappa shape index (κ2) is 11.2. The fraction of sp³-hybridized carbons (Fsp3) is 0.423. The SMILES string of the molecule is CC(C)c1cc(-c2nnc(C(=O)NCCF)n2-c2ccc(CN3CCN(C)CC3)cc2F)c(O)cc1O. The Morgan fingerprint density at radius 2 is 1.81 bits per heavy atom. The first-order valence-electron chi connectivity index (χ1n) is 12.2. The minimum atomic E-state index is -0.779. The third kappa shape index (κ3) is 5.72. The highest BCUT2D eigenvalue weighted by Crippen LogP contribution is 2.38. The molecule has 1 amide bonds. The zero-order valence-electron chi connectivity index (χ0n) is 21.2. The monoisotopic (exact) mass is 514 g/mol. The molecule has 2 heterocycles. The summed E-state index contributed by atoms with van der Waals surface area (Å²) >= 11 is 0. The van der Waals surface area contributed by atoms with Crippen molar-refractivity contribution in [1.29, 1.82) is 0 Å². The number of carbonyl (C=O) groups is 1. The highest BCUT2D eigenvalue weighted by atomic mass is 19.1. The van der Waals surface area contributed by atoms with Crippen molar-refractivity contribution in [3.05, 3.63) is 53.1 Å². The summed E-state index contributed by atoms with van der Waals surface area (Å²) in [7, 11) is 2.07. The van der Waals surface area contributed by atoms with Crippen LogP contribution in [-0.2, 0) is 6.54 Å². The van der Waals surface area contributed by atoms with E-state index in [0.717, 1.165) is 31.7 Å². The van der Waals surface area contributed by atoms with Gasteiger partial charge in [0.25, 0.3) is 5.91 Å². The number of phenolic OH excluding ortho intramolecular Hbond substituents is 2. The fourth-order valence-corrected chi connectivity index (χ4v) is 4.40. The largest absolute Gasteiger partial charge is 0.508 e. The second-order valence-corrected chi connectivity index (χ2v) is 9.58. The van der Waals surface area contributed by atoms with E-state index in [4.69, 9.17) is 0 Å². The van der Waals surface area contributed by atoms with E-state index in [-0.39, 0.29) is 46.9 Å². The minimum absolute atomic E-state index is 0.00565. The van der Waals surface area contributed by atoms with E-state index in [2.05, 4.69) is 32.4 Å². The number of nitrogens with zero attached hydrogens (tertiary/aromatic N) is 5. The third-order valence-corrected chi connectivity index (χ3v) is 6.51. The standard InChI is InChI=1S/C26H32F2N6O3/c1-16(2)18-13-19(23(36)14-22(18)35)24-30-31-25(26(37)29-7-6-27)34(24)21-5-4-17(12-20(21)28)15-33-10-8-32(3)9-11-33/h4-5,12-14,16,35-36H,6-11,15H2,1-3H3,(H,29,37). The number of halogens is 2. The highest BCUT2D eigenvalue weighted by Gasteiger charge is 2.26. The van der Waals surface area contributed by atoms with Crippen LogP contribution in [0, 0.1) is 5.82 Å². The number of hydrogen-bond acceptors (Lipinski definition) is 7. The van der Waals surface area contributed by atoms with Crippen molar-refractivity contribution < 1.29 is 23.8 Å². The van der Waals surface area contributed by atoms with Crippen molar-refractivity contribution in [1.82, 2.24) is 29.9 Å². The molecule has 0 spiro atoms. The van der Waals surface area contributed by atoms with Crippen LogP contribution in [-0.4, -0.2) is 87.1 Å². The number of phenols is 2. The lowest BCUT2D eigenvalue weighted by atomic mass is 9.98. The maximum Gasteiger partial charge on any atom is 0.289 e. The molecule has 0 aliphatic carbocycles. The van der Waals surface area contributed by atoms with Crippen molar-refractivity contribution in [3.8, 4) is 28.6 Å². The van der Waals surface area contributed by atoms with Gasteiger partial charge in [-0.05, 0) is 42.3 Å². The number of alkyl halides is 1. The minimum Gasteiger partial charge on any atom is -0.508 e. The van der Waals surface area contributed by atoms with Crippen LogP contribution in [0.15, 0.2) is 30.3 Å². The van der Waals surface area contributed by atoms with Gasteiger partial charge in [0.15, 0.2) is 5.82 Å². The van der Waals surface area contributed by atoms with Crippen LogP contribution in [0.2, 0.25) is 0 Å². The topological polar surface area (TPSA) is 107 Å². The summed E-state index contributed by atoms with van der Waals surface area (Å²) < 4.78 is 29.5. The molecule has 3 aromatic rings. The van der Waals surface area contributed by atoms with Crippen LogP contribution in [0.1, 0.15) is 41.5 Å². The average Bonchev–Trinajstić information content (AvgIpc) is 3.28. The number of amides is 1. The van der Waals surface area contributed by atoms with Crippen LogP contribution < -0.4 is 5.32 Å². The van der Waals surface area contributed by atoms with Crippen LogP contribution in [0.5, 0.6) is 11.5 Å². The van der Waals surface area contributed by atoms with Gasteiger partial charge >= 0.3 is 0 Å². The van der Waals surface area contributed by atoms with Gasteiger partial charge in [-0.3, -0.25) is 14.3 Å². The van der Waals surface area contributed by atoms with E-state index in [9.17, 15) is 19.4 Å². The van der Waals surface area contributed by atoms with Gasteiger partial charge in [-0.2, -0.15) is 0 Å². The average molecular weight is 515 g/mol. The molecule has 4 rings (SSSR count). The number of nitrogens with one attached hydrogen (secondary N) is 1. The predicted molar refractivity (Wildman–Crippen MR) is 135 cm³/mol. The molecular weight excluding hydrogens is 482 g/mol. The molecular formula is C26H32F2N6O3. The molecule has 2 aromatic carbocycles.